The van der Waals surface area contributed by atoms with Crippen LogP contribution in [-0.2, 0) is 4.74 Å². The Kier molecular flexibility index (Phi) is 2.80. The molecule has 1 nitrogen and oxygen atoms in total. The quantitative estimate of drug-likeness (QED) is 0.546. The highest BCUT2D eigenvalue weighted by Gasteiger charge is 2.22. The van der Waals surface area contributed by atoms with Crippen LogP contribution in [0.4, 0.5) is 0 Å². The Morgan fingerprint density at radius 2 is 2.11 bits per heavy atom. The second-order valence-electron chi connectivity index (χ2n) is 2.52. The Labute approximate surface area is 61.3 Å². The smallest absolute Gasteiger partial charge is 0.0715 e. The normalized spacial score (nSPS) is 35.3. The van der Waals surface area contributed by atoms with Crippen LogP contribution in [0.1, 0.15) is 26.2 Å². The van der Waals surface area contributed by atoms with Gasteiger partial charge in [-0.05, 0) is 19.3 Å². The third-order valence-electron chi connectivity index (χ3n) is 1.82. The molecular formula is C7H13ClO. The first kappa shape index (κ1) is 7.36. The molecule has 0 amide bonds. The van der Waals surface area contributed by atoms with Gasteiger partial charge in [-0.2, -0.15) is 0 Å². The first-order valence-corrected chi connectivity index (χ1v) is 4.11. The van der Waals surface area contributed by atoms with Gasteiger partial charge >= 0.3 is 0 Å². The number of ether oxygens (including phenoxy) is 1. The van der Waals surface area contributed by atoms with Crippen molar-refractivity contribution in [3.05, 3.63) is 0 Å². The minimum atomic E-state index is 0.344. The summed E-state index contributed by atoms with van der Waals surface area (Å²) in [5.74, 6) is 0.663. The molecule has 1 heterocycles. The predicted octanol–water partition coefficient (Wildman–Crippen LogP) is 2.18. The molecule has 0 radical (unpaired) electrons. The maximum Gasteiger partial charge on any atom is 0.0715 e. The predicted molar refractivity (Wildman–Crippen MR) is 38.9 cm³/mol. The first-order valence-electron chi connectivity index (χ1n) is 3.58. The number of rotatable bonds is 2. The second-order valence-corrected chi connectivity index (χ2v) is 2.83. The molecule has 1 saturated heterocycles. The Hall–Kier alpha value is 0.250. The zero-order valence-corrected chi connectivity index (χ0v) is 6.53. The summed E-state index contributed by atoms with van der Waals surface area (Å²) in [4.78, 5) is 0. The molecule has 0 N–H and O–H groups in total. The standard InChI is InChI=1S/C7H13ClO/c1-2-6-3-4-7(5-8)9-6/h6-7H,2-5H2,1H3/t6-,7-/m0/s1. The van der Waals surface area contributed by atoms with E-state index in [1.807, 2.05) is 0 Å². The van der Waals surface area contributed by atoms with Crippen molar-refractivity contribution in [3.63, 3.8) is 0 Å². The van der Waals surface area contributed by atoms with Crippen LogP contribution in [-0.4, -0.2) is 18.1 Å². The van der Waals surface area contributed by atoms with E-state index in [0.29, 0.717) is 18.1 Å². The molecule has 1 fully saturated rings. The second kappa shape index (κ2) is 3.43. The average Bonchev–Trinajstić information content (AvgIpc) is 2.34. The molecule has 1 aliphatic heterocycles. The lowest BCUT2D eigenvalue weighted by molar-refractivity contribution is 0.0558. The van der Waals surface area contributed by atoms with Crippen LogP contribution >= 0.6 is 11.6 Å². The number of hydrogen-bond acceptors (Lipinski definition) is 1. The number of alkyl halides is 1. The van der Waals surface area contributed by atoms with E-state index in [2.05, 4.69) is 6.92 Å². The Morgan fingerprint density at radius 1 is 1.44 bits per heavy atom. The van der Waals surface area contributed by atoms with E-state index in [9.17, 15) is 0 Å². The summed E-state index contributed by atoms with van der Waals surface area (Å²) < 4.78 is 5.53. The van der Waals surface area contributed by atoms with E-state index >= 15 is 0 Å². The molecule has 2 atom stereocenters. The average molecular weight is 149 g/mol. The van der Waals surface area contributed by atoms with Gasteiger partial charge in [0.15, 0.2) is 0 Å². The van der Waals surface area contributed by atoms with Crippen molar-refractivity contribution in [2.45, 2.75) is 38.4 Å². The molecule has 0 bridgehead atoms. The van der Waals surface area contributed by atoms with Crippen LogP contribution in [0.25, 0.3) is 0 Å². The molecule has 1 aliphatic rings. The van der Waals surface area contributed by atoms with Crippen LogP contribution in [0.5, 0.6) is 0 Å². The summed E-state index contributed by atoms with van der Waals surface area (Å²) in [5, 5.41) is 0. The topological polar surface area (TPSA) is 9.23 Å². The van der Waals surface area contributed by atoms with E-state index in [0.717, 1.165) is 12.8 Å². The third-order valence-corrected chi connectivity index (χ3v) is 2.17. The highest BCUT2D eigenvalue weighted by Crippen LogP contribution is 2.22. The highest BCUT2D eigenvalue weighted by atomic mass is 35.5. The van der Waals surface area contributed by atoms with Crippen molar-refractivity contribution in [3.8, 4) is 0 Å². The SMILES string of the molecule is CC[C@H]1CC[C@@H](CCl)O1. The van der Waals surface area contributed by atoms with Crippen molar-refractivity contribution in [1.29, 1.82) is 0 Å². The van der Waals surface area contributed by atoms with Crippen molar-refractivity contribution >= 4 is 11.6 Å². The summed E-state index contributed by atoms with van der Waals surface area (Å²) in [7, 11) is 0. The van der Waals surface area contributed by atoms with Crippen LogP contribution in [0.3, 0.4) is 0 Å². The monoisotopic (exact) mass is 148 g/mol. The van der Waals surface area contributed by atoms with Crippen molar-refractivity contribution < 1.29 is 4.74 Å². The van der Waals surface area contributed by atoms with Crippen molar-refractivity contribution in [2.75, 3.05) is 5.88 Å². The molecule has 54 valence electrons. The molecule has 0 saturated carbocycles. The molecule has 0 aliphatic carbocycles. The summed E-state index contributed by atoms with van der Waals surface area (Å²) in [5.41, 5.74) is 0. The van der Waals surface area contributed by atoms with E-state index in [1.54, 1.807) is 0 Å². The summed E-state index contributed by atoms with van der Waals surface area (Å²) in [6, 6.07) is 0. The molecule has 0 unspecified atom stereocenters. The van der Waals surface area contributed by atoms with Gasteiger partial charge in [0.25, 0.3) is 0 Å². The number of halogens is 1. The third kappa shape index (κ3) is 1.84. The lowest BCUT2D eigenvalue weighted by Gasteiger charge is -2.07. The Bertz CT molecular complexity index is 75.0. The van der Waals surface area contributed by atoms with Crippen molar-refractivity contribution in [1.82, 2.24) is 0 Å². The van der Waals surface area contributed by atoms with Gasteiger partial charge in [0, 0.05) is 5.88 Å². The molecule has 0 aromatic heterocycles. The van der Waals surface area contributed by atoms with Crippen molar-refractivity contribution in [2.24, 2.45) is 0 Å². The fraction of sp³-hybridized carbons (Fsp3) is 1.00. The minimum Gasteiger partial charge on any atom is -0.374 e. The van der Waals surface area contributed by atoms with Gasteiger partial charge in [-0.3, -0.25) is 0 Å². The van der Waals surface area contributed by atoms with E-state index in [1.165, 1.54) is 6.42 Å². The van der Waals surface area contributed by atoms with Gasteiger partial charge in [-0.15, -0.1) is 11.6 Å². The first-order chi connectivity index (χ1) is 4.36. The van der Waals surface area contributed by atoms with E-state index in [-0.39, 0.29) is 0 Å². The van der Waals surface area contributed by atoms with Gasteiger partial charge in [0.1, 0.15) is 0 Å². The molecule has 0 aromatic carbocycles. The zero-order valence-electron chi connectivity index (χ0n) is 5.77. The molecule has 0 spiro atoms. The minimum absolute atomic E-state index is 0.344. The van der Waals surface area contributed by atoms with Crippen LogP contribution < -0.4 is 0 Å². The fourth-order valence-electron chi connectivity index (χ4n) is 1.19. The van der Waals surface area contributed by atoms with Gasteiger partial charge in [-0.1, -0.05) is 6.92 Å². The van der Waals surface area contributed by atoms with Crippen LogP contribution in [0, 0.1) is 0 Å². The fourth-order valence-corrected chi connectivity index (χ4v) is 1.42. The summed E-state index contributed by atoms with van der Waals surface area (Å²) in [6.07, 6.45) is 4.33. The van der Waals surface area contributed by atoms with Crippen LogP contribution in [0.2, 0.25) is 0 Å². The molecule has 2 heteroatoms. The van der Waals surface area contributed by atoms with Gasteiger partial charge < -0.3 is 4.74 Å². The largest absolute Gasteiger partial charge is 0.374 e. The van der Waals surface area contributed by atoms with Crippen LogP contribution in [0.15, 0.2) is 0 Å². The van der Waals surface area contributed by atoms with Gasteiger partial charge in [-0.25, -0.2) is 0 Å². The molecule has 0 aromatic rings. The summed E-state index contributed by atoms with van der Waals surface area (Å²) in [6.45, 7) is 2.15. The lowest BCUT2D eigenvalue weighted by Crippen LogP contribution is -2.10. The molecular weight excluding hydrogens is 136 g/mol. The zero-order chi connectivity index (χ0) is 6.69. The summed E-state index contributed by atoms with van der Waals surface area (Å²) >= 11 is 5.61. The van der Waals surface area contributed by atoms with Gasteiger partial charge in [0.05, 0.1) is 12.2 Å². The maximum atomic E-state index is 5.61. The molecule has 1 rings (SSSR count). The highest BCUT2D eigenvalue weighted by molar-refractivity contribution is 6.18. The maximum absolute atomic E-state index is 5.61. The lowest BCUT2D eigenvalue weighted by atomic mass is 10.2. The molecule has 9 heavy (non-hydrogen) atoms. The van der Waals surface area contributed by atoms with Gasteiger partial charge in [0.2, 0.25) is 0 Å². The van der Waals surface area contributed by atoms with E-state index in [4.69, 9.17) is 16.3 Å². The Balaban J connectivity index is 2.20. The number of hydrogen-bond donors (Lipinski definition) is 0. The van der Waals surface area contributed by atoms with E-state index < -0.39 is 0 Å². The Morgan fingerprint density at radius 3 is 2.44 bits per heavy atom.